The van der Waals surface area contributed by atoms with Gasteiger partial charge in [-0.15, -0.1) is 0 Å². The van der Waals surface area contributed by atoms with Crippen molar-refractivity contribution in [3.05, 3.63) is 101 Å². The van der Waals surface area contributed by atoms with Crippen LogP contribution in [-0.4, -0.2) is 34.3 Å². The molecule has 3 aromatic carbocycles. The van der Waals surface area contributed by atoms with Crippen LogP contribution in [0.4, 0.5) is 10.1 Å². The maximum absolute atomic E-state index is 14.7. The molecule has 3 unspecified atom stereocenters. The monoisotopic (exact) mass is 467 g/mol. The second-order valence-electron chi connectivity index (χ2n) is 9.58. The van der Waals surface area contributed by atoms with Crippen LogP contribution in [0.15, 0.2) is 72.8 Å². The number of benzene rings is 3. The van der Waals surface area contributed by atoms with Gasteiger partial charge in [0.05, 0.1) is 18.2 Å². The number of nitrogens with one attached hydrogen (secondary N) is 1. The molecule has 1 fully saturated rings. The fraction of sp³-hybridized carbons (Fsp3) is 0.241. The molecule has 0 aliphatic carbocycles. The third kappa shape index (κ3) is 3.40. The molecule has 176 valence electrons. The van der Waals surface area contributed by atoms with Gasteiger partial charge in [0, 0.05) is 35.1 Å². The first-order chi connectivity index (χ1) is 16.9. The van der Waals surface area contributed by atoms with Crippen LogP contribution in [0.3, 0.4) is 0 Å². The molecule has 1 saturated heterocycles. The lowest BCUT2D eigenvalue weighted by molar-refractivity contribution is -0.123. The highest BCUT2D eigenvalue weighted by Crippen LogP contribution is 2.45. The fourth-order valence-corrected chi connectivity index (χ4v) is 5.79. The van der Waals surface area contributed by atoms with E-state index in [1.54, 1.807) is 13.0 Å². The first-order valence-corrected chi connectivity index (χ1v) is 12.0. The van der Waals surface area contributed by atoms with E-state index in [9.17, 15) is 14.0 Å². The molecule has 0 radical (unpaired) electrons. The summed E-state index contributed by atoms with van der Waals surface area (Å²) < 4.78 is 14.7. The molecule has 3 atom stereocenters. The molecule has 1 N–H and O–H groups in total. The Morgan fingerprint density at radius 3 is 2.49 bits per heavy atom. The minimum atomic E-state index is -0.649. The molecule has 3 heterocycles. The van der Waals surface area contributed by atoms with Gasteiger partial charge < -0.3 is 4.98 Å². The molecule has 0 saturated carbocycles. The van der Waals surface area contributed by atoms with Crippen LogP contribution in [0, 0.1) is 12.7 Å². The van der Waals surface area contributed by atoms with Gasteiger partial charge in [0.2, 0.25) is 5.91 Å². The second kappa shape index (κ2) is 8.17. The first kappa shape index (κ1) is 21.7. The van der Waals surface area contributed by atoms with Crippen molar-refractivity contribution >= 4 is 28.4 Å². The summed E-state index contributed by atoms with van der Waals surface area (Å²) in [5, 5.41) is 1.18. The molecule has 4 aromatic rings. The third-order valence-electron chi connectivity index (χ3n) is 7.50. The predicted molar refractivity (Wildman–Crippen MR) is 134 cm³/mol. The topological polar surface area (TPSA) is 56.4 Å². The van der Waals surface area contributed by atoms with Gasteiger partial charge in [-0.25, -0.2) is 9.29 Å². The molecule has 6 rings (SSSR count). The molecule has 2 amide bonds. The van der Waals surface area contributed by atoms with Gasteiger partial charge in [-0.1, -0.05) is 54.6 Å². The van der Waals surface area contributed by atoms with E-state index in [4.69, 9.17) is 0 Å². The summed E-state index contributed by atoms with van der Waals surface area (Å²) in [5.41, 5.74) is 5.30. The summed E-state index contributed by atoms with van der Waals surface area (Å²) in [6.45, 7) is 4.44. The van der Waals surface area contributed by atoms with Crippen molar-refractivity contribution in [3.8, 4) is 0 Å². The molecule has 1 aromatic heterocycles. The lowest BCUT2D eigenvalue weighted by atomic mass is 9.83. The highest BCUT2D eigenvalue weighted by Gasteiger charge is 2.48. The number of rotatable bonds is 3. The largest absolute Gasteiger partial charge is 0.357 e. The van der Waals surface area contributed by atoms with E-state index in [0.717, 1.165) is 27.2 Å². The number of halogens is 1. The molecule has 35 heavy (non-hydrogen) atoms. The number of para-hydroxylation sites is 1. The van der Waals surface area contributed by atoms with Gasteiger partial charge in [0.25, 0.3) is 5.91 Å². The van der Waals surface area contributed by atoms with E-state index in [1.807, 2.05) is 30.3 Å². The van der Waals surface area contributed by atoms with Crippen molar-refractivity contribution in [1.29, 1.82) is 0 Å². The first-order valence-electron chi connectivity index (χ1n) is 12.0. The Morgan fingerprint density at radius 2 is 1.71 bits per heavy atom. The summed E-state index contributed by atoms with van der Waals surface area (Å²) in [7, 11) is 0. The number of amides is 2. The maximum Gasteiger partial charge on any atom is 0.251 e. The molecule has 0 spiro atoms. The third-order valence-corrected chi connectivity index (χ3v) is 7.50. The number of carbonyl (C=O) groups excluding carboxylic acids is 2. The van der Waals surface area contributed by atoms with E-state index in [1.165, 1.54) is 23.1 Å². The van der Waals surface area contributed by atoms with Gasteiger partial charge in [-0.05, 0) is 48.7 Å². The normalized spacial score (nSPS) is 22.7. The highest BCUT2D eigenvalue weighted by atomic mass is 19.1. The number of carbonyl (C=O) groups is 2. The SMILES string of the molecule is Cc1ccc(N2C(=O)CC(N3CC(c4ccccc4)c4c([nH]c5ccccc45)C3C)C2=O)c(F)c1. The predicted octanol–water partition coefficient (Wildman–Crippen LogP) is 5.46. The van der Waals surface area contributed by atoms with Crippen molar-refractivity contribution < 1.29 is 14.0 Å². The molecule has 2 aliphatic heterocycles. The number of H-pyrrole nitrogens is 1. The van der Waals surface area contributed by atoms with Gasteiger partial charge in [0.15, 0.2) is 0 Å². The van der Waals surface area contributed by atoms with E-state index < -0.39 is 11.9 Å². The van der Waals surface area contributed by atoms with Crippen molar-refractivity contribution in [1.82, 2.24) is 9.88 Å². The molecule has 6 heteroatoms. The van der Waals surface area contributed by atoms with Crippen molar-refractivity contribution in [2.24, 2.45) is 0 Å². The van der Waals surface area contributed by atoms with E-state index >= 15 is 0 Å². The Kier molecular flexibility index (Phi) is 5.07. The zero-order chi connectivity index (χ0) is 24.3. The smallest absolute Gasteiger partial charge is 0.251 e. The molecular weight excluding hydrogens is 441 g/mol. The van der Waals surface area contributed by atoms with E-state index in [2.05, 4.69) is 41.1 Å². The number of anilines is 1. The number of aromatic amines is 1. The summed E-state index contributed by atoms with van der Waals surface area (Å²) in [6.07, 6.45) is 0.0353. The Labute approximate surface area is 203 Å². The van der Waals surface area contributed by atoms with E-state index in [0.29, 0.717) is 6.54 Å². The van der Waals surface area contributed by atoms with Crippen LogP contribution in [0.2, 0.25) is 0 Å². The van der Waals surface area contributed by atoms with Gasteiger partial charge in [-0.3, -0.25) is 14.5 Å². The van der Waals surface area contributed by atoms with Gasteiger partial charge in [0.1, 0.15) is 5.82 Å². The van der Waals surface area contributed by atoms with Crippen molar-refractivity contribution in [2.75, 3.05) is 11.4 Å². The van der Waals surface area contributed by atoms with Crippen LogP contribution in [0.25, 0.3) is 10.9 Å². The highest BCUT2D eigenvalue weighted by molar-refractivity contribution is 6.22. The summed E-state index contributed by atoms with van der Waals surface area (Å²) in [6, 6.07) is 22.4. The lowest BCUT2D eigenvalue weighted by Gasteiger charge is -2.40. The summed E-state index contributed by atoms with van der Waals surface area (Å²) in [5.74, 6) is -1.25. The zero-order valence-corrected chi connectivity index (χ0v) is 19.7. The number of hydrogen-bond acceptors (Lipinski definition) is 3. The van der Waals surface area contributed by atoms with Crippen LogP contribution in [-0.2, 0) is 9.59 Å². The van der Waals surface area contributed by atoms with E-state index in [-0.39, 0.29) is 35.9 Å². The molecular formula is C29H26FN3O2. The molecule has 2 aliphatic rings. The van der Waals surface area contributed by atoms with Gasteiger partial charge in [-0.2, -0.15) is 0 Å². The van der Waals surface area contributed by atoms with Gasteiger partial charge >= 0.3 is 0 Å². The standard InChI is InChI=1S/C29H26FN3O2/c1-17-12-13-24(22(30)14-17)33-26(34)15-25(29(33)35)32-16-21(19-8-4-3-5-9-19)27-20-10-6-7-11-23(20)31-28(27)18(32)2/h3-14,18,21,25,31H,15-16H2,1-2H3. The van der Waals surface area contributed by atoms with Crippen LogP contribution < -0.4 is 4.90 Å². The Bertz CT molecular complexity index is 1460. The van der Waals surface area contributed by atoms with Crippen LogP contribution in [0.1, 0.15) is 47.7 Å². The molecule has 5 nitrogen and oxygen atoms in total. The number of hydrogen-bond donors (Lipinski definition) is 1. The minimum Gasteiger partial charge on any atom is -0.357 e. The maximum atomic E-state index is 14.7. The quantitative estimate of drug-likeness (QED) is 0.407. The fourth-order valence-electron chi connectivity index (χ4n) is 5.79. The molecule has 0 bridgehead atoms. The number of imide groups is 1. The Balaban J connectivity index is 1.43. The Hall–Kier alpha value is -3.77. The average molecular weight is 468 g/mol. The van der Waals surface area contributed by atoms with Crippen LogP contribution >= 0.6 is 0 Å². The van der Waals surface area contributed by atoms with Crippen molar-refractivity contribution in [2.45, 2.75) is 38.3 Å². The summed E-state index contributed by atoms with van der Waals surface area (Å²) >= 11 is 0. The Morgan fingerprint density at radius 1 is 0.971 bits per heavy atom. The number of fused-ring (bicyclic) bond motifs is 3. The zero-order valence-electron chi connectivity index (χ0n) is 19.7. The minimum absolute atomic E-state index is 0.0312. The second-order valence-corrected chi connectivity index (χ2v) is 9.58. The van der Waals surface area contributed by atoms with Crippen LogP contribution in [0.5, 0.6) is 0 Å². The summed E-state index contributed by atoms with van der Waals surface area (Å²) in [4.78, 5) is 33.4. The van der Waals surface area contributed by atoms with Crippen molar-refractivity contribution in [3.63, 3.8) is 0 Å². The lowest BCUT2D eigenvalue weighted by Crippen LogP contribution is -2.47. The number of aryl methyl sites for hydroxylation is 1. The number of aromatic nitrogens is 1. The number of nitrogens with zero attached hydrogens (tertiary/aromatic N) is 2. The average Bonchev–Trinajstić information content (AvgIpc) is 3.38.